The van der Waals surface area contributed by atoms with Gasteiger partial charge in [0, 0.05) is 33.9 Å². The van der Waals surface area contributed by atoms with E-state index in [9.17, 15) is 4.39 Å². The highest BCUT2D eigenvalue weighted by Crippen LogP contribution is 2.51. The molecule has 6 aromatic rings. The Morgan fingerprint density at radius 3 is 2.44 bits per heavy atom. The van der Waals surface area contributed by atoms with Crippen LogP contribution < -0.4 is 4.57 Å². The molecule has 2 heterocycles. The number of nitrogens with zero attached hydrogens (tertiary/aromatic N) is 2. The highest BCUT2D eigenvalue weighted by atomic mass is 19.1. The molecule has 0 N–H and O–H groups in total. The summed E-state index contributed by atoms with van der Waals surface area (Å²) in [7, 11) is 1.90. The summed E-state index contributed by atoms with van der Waals surface area (Å²) in [6.07, 6.45) is 1.71. The fourth-order valence-electron chi connectivity index (χ4n) is 6.33. The molecule has 0 spiro atoms. The van der Waals surface area contributed by atoms with Crippen molar-refractivity contribution >= 4 is 27.6 Å². The van der Waals surface area contributed by atoms with Gasteiger partial charge in [-0.05, 0) is 46.4 Å². The van der Waals surface area contributed by atoms with Crippen molar-refractivity contribution in [3.05, 3.63) is 119 Å². The Bertz CT molecular complexity index is 2040. The van der Waals surface area contributed by atoms with Gasteiger partial charge in [0.05, 0.1) is 12.1 Å². The molecule has 1 aliphatic carbocycles. The summed E-state index contributed by atoms with van der Waals surface area (Å²) in [6, 6.07) is 26.1. The zero-order chi connectivity index (χ0) is 27.1. The predicted molar refractivity (Wildman–Crippen MR) is 154 cm³/mol. The van der Waals surface area contributed by atoms with Gasteiger partial charge in [0.15, 0.2) is 11.9 Å². The molecule has 1 aliphatic rings. The molecule has 0 radical (unpaired) electrons. The second-order valence-electron chi connectivity index (χ2n) is 11.0. The smallest absolute Gasteiger partial charge is 0.219 e. The number of hydrogen-bond donors (Lipinski definition) is 0. The number of hydrogen-bond acceptors (Lipinski definition) is 1. The summed E-state index contributed by atoms with van der Waals surface area (Å²) in [6.45, 7) is 14.4. The van der Waals surface area contributed by atoms with Gasteiger partial charge in [-0.3, -0.25) is 0 Å². The van der Waals surface area contributed by atoms with Crippen molar-refractivity contribution < 1.29 is 13.4 Å². The maximum Gasteiger partial charge on any atom is 0.219 e. The molecule has 0 aliphatic heterocycles. The minimum Gasteiger partial charge on any atom is -0.456 e. The Kier molecular flexibility index (Phi) is 4.87. The molecule has 0 fully saturated rings. The number of aromatic nitrogens is 1. The predicted octanol–water partition coefficient (Wildman–Crippen LogP) is 9.05. The van der Waals surface area contributed by atoms with Crippen molar-refractivity contribution in [1.82, 2.24) is 0 Å². The molecule has 0 bridgehead atoms. The van der Waals surface area contributed by atoms with Crippen molar-refractivity contribution in [2.75, 3.05) is 0 Å². The van der Waals surface area contributed by atoms with Crippen LogP contribution >= 0.6 is 0 Å². The lowest BCUT2D eigenvalue weighted by Gasteiger charge is -2.22. The molecule has 7 rings (SSSR count). The highest BCUT2D eigenvalue weighted by Gasteiger charge is 2.35. The van der Waals surface area contributed by atoms with Crippen LogP contribution in [-0.2, 0) is 12.5 Å². The fraction of sp³-hybridized carbons (Fsp3) is 0.143. The second-order valence-corrected chi connectivity index (χ2v) is 11.0. The van der Waals surface area contributed by atoms with Gasteiger partial charge < -0.3 is 4.42 Å². The lowest BCUT2D eigenvalue weighted by molar-refractivity contribution is -0.660. The van der Waals surface area contributed by atoms with E-state index < -0.39 is 0 Å². The third-order valence-corrected chi connectivity index (χ3v) is 8.36. The van der Waals surface area contributed by atoms with E-state index in [1.807, 2.05) is 42.8 Å². The molecule has 39 heavy (non-hydrogen) atoms. The Balaban J connectivity index is 1.52. The normalized spacial score (nSPS) is 13.4. The van der Waals surface area contributed by atoms with Gasteiger partial charge in [0.2, 0.25) is 5.69 Å². The number of pyridine rings is 1. The molecular formula is C35H26FN2O+. The standard InChI is InChI=1S/C35H26FN2O/c1-20-10-12-26-32-29(37-4)15-14-23(33(32)39-34(26)31(20)30-19-22(36)16-17-38(30)5)21-11-13-25-24-8-6-7-9-27(24)35(2,3)28(25)18-21/h6-19H,1-3,5H3/q+1. The lowest BCUT2D eigenvalue weighted by atomic mass is 9.81. The van der Waals surface area contributed by atoms with E-state index in [-0.39, 0.29) is 11.2 Å². The molecule has 0 amide bonds. The number of benzene rings is 4. The molecule has 4 aromatic carbocycles. The van der Waals surface area contributed by atoms with Gasteiger partial charge in [-0.2, -0.15) is 0 Å². The van der Waals surface area contributed by atoms with Crippen LogP contribution in [0.5, 0.6) is 0 Å². The Hall–Kier alpha value is -4.75. The van der Waals surface area contributed by atoms with Crippen LogP contribution in [0.15, 0.2) is 89.5 Å². The fourth-order valence-corrected chi connectivity index (χ4v) is 6.33. The molecule has 0 unspecified atom stereocenters. The Labute approximate surface area is 226 Å². The monoisotopic (exact) mass is 509 g/mol. The molecular weight excluding hydrogens is 483 g/mol. The van der Waals surface area contributed by atoms with Crippen LogP contribution in [0.25, 0.3) is 60.3 Å². The van der Waals surface area contributed by atoms with Gasteiger partial charge in [0.1, 0.15) is 24.0 Å². The molecule has 2 aromatic heterocycles. The van der Waals surface area contributed by atoms with E-state index in [1.54, 1.807) is 6.20 Å². The summed E-state index contributed by atoms with van der Waals surface area (Å²) in [5.74, 6) is -0.306. The third-order valence-electron chi connectivity index (χ3n) is 8.36. The van der Waals surface area contributed by atoms with E-state index in [0.29, 0.717) is 16.9 Å². The van der Waals surface area contributed by atoms with Gasteiger partial charge >= 0.3 is 0 Å². The van der Waals surface area contributed by atoms with Crippen LogP contribution in [0.4, 0.5) is 10.1 Å². The van der Waals surface area contributed by atoms with E-state index in [1.165, 1.54) is 34.4 Å². The highest BCUT2D eigenvalue weighted by molar-refractivity contribution is 6.18. The van der Waals surface area contributed by atoms with Crippen LogP contribution in [0.2, 0.25) is 0 Å². The minimum absolute atomic E-state index is 0.123. The lowest BCUT2D eigenvalue weighted by Crippen LogP contribution is -2.30. The molecule has 188 valence electrons. The third kappa shape index (κ3) is 3.23. The first-order chi connectivity index (χ1) is 18.8. The van der Waals surface area contributed by atoms with E-state index in [2.05, 4.69) is 61.2 Å². The summed E-state index contributed by atoms with van der Waals surface area (Å²) in [4.78, 5) is 3.85. The van der Waals surface area contributed by atoms with Crippen molar-refractivity contribution in [2.24, 2.45) is 7.05 Å². The van der Waals surface area contributed by atoms with Crippen molar-refractivity contribution in [2.45, 2.75) is 26.2 Å². The number of furan rings is 1. The zero-order valence-electron chi connectivity index (χ0n) is 22.3. The summed E-state index contributed by atoms with van der Waals surface area (Å²) < 4.78 is 23.0. The van der Waals surface area contributed by atoms with Crippen LogP contribution in [0.1, 0.15) is 30.5 Å². The molecule has 4 heteroatoms. The average molecular weight is 510 g/mol. The second kappa shape index (κ2) is 8.12. The molecule has 0 saturated heterocycles. The summed E-state index contributed by atoms with van der Waals surface area (Å²) in [5, 5.41) is 1.65. The minimum atomic E-state index is -0.306. The number of aryl methyl sites for hydroxylation is 2. The molecule has 0 saturated carbocycles. The maximum absolute atomic E-state index is 14.4. The first-order valence-electron chi connectivity index (χ1n) is 13.1. The van der Waals surface area contributed by atoms with Crippen LogP contribution in [0, 0.1) is 19.3 Å². The Morgan fingerprint density at radius 1 is 0.846 bits per heavy atom. The van der Waals surface area contributed by atoms with E-state index in [0.717, 1.165) is 38.7 Å². The van der Waals surface area contributed by atoms with Gasteiger partial charge in [-0.1, -0.05) is 74.5 Å². The summed E-state index contributed by atoms with van der Waals surface area (Å²) >= 11 is 0. The summed E-state index contributed by atoms with van der Waals surface area (Å²) in [5.41, 5.74) is 11.4. The van der Waals surface area contributed by atoms with Gasteiger partial charge in [0.25, 0.3) is 0 Å². The number of fused-ring (bicyclic) bond motifs is 6. The zero-order valence-corrected chi connectivity index (χ0v) is 22.3. The number of rotatable bonds is 2. The van der Waals surface area contributed by atoms with Crippen LogP contribution in [-0.4, -0.2) is 0 Å². The van der Waals surface area contributed by atoms with Crippen molar-refractivity contribution in [1.29, 1.82) is 0 Å². The largest absolute Gasteiger partial charge is 0.456 e. The van der Waals surface area contributed by atoms with E-state index >= 15 is 0 Å². The first kappa shape index (κ1) is 23.4. The van der Waals surface area contributed by atoms with Gasteiger partial charge in [-0.25, -0.2) is 13.8 Å². The van der Waals surface area contributed by atoms with Crippen molar-refractivity contribution in [3.8, 4) is 33.5 Å². The topological polar surface area (TPSA) is 21.4 Å². The Morgan fingerprint density at radius 2 is 1.62 bits per heavy atom. The van der Waals surface area contributed by atoms with Crippen LogP contribution in [0.3, 0.4) is 0 Å². The maximum atomic E-state index is 14.4. The quantitative estimate of drug-likeness (QED) is 0.169. The van der Waals surface area contributed by atoms with Crippen molar-refractivity contribution in [3.63, 3.8) is 0 Å². The van der Waals surface area contributed by atoms with Gasteiger partial charge in [-0.15, -0.1) is 0 Å². The molecule has 3 nitrogen and oxygen atoms in total. The average Bonchev–Trinajstić information content (AvgIpc) is 3.43. The first-order valence-corrected chi connectivity index (χ1v) is 13.1. The molecule has 0 atom stereocenters. The van der Waals surface area contributed by atoms with E-state index in [4.69, 9.17) is 11.0 Å². The number of halogens is 1. The SMILES string of the molecule is [C-]#[N+]c1ccc(-c2ccc3c(c2)C(C)(C)c2ccccc2-3)c2oc3c(-c4cc(F)cc[n+]4C)c(C)ccc3c12.